The van der Waals surface area contributed by atoms with Crippen molar-refractivity contribution in [2.24, 2.45) is 5.84 Å². The maximum absolute atomic E-state index is 5.28. The largest absolute Gasteiger partial charge is 0.367 e. The van der Waals surface area contributed by atoms with Gasteiger partial charge in [0.15, 0.2) is 5.82 Å². The molecule has 1 aliphatic rings. The average Bonchev–Trinajstić information content (AvgIpc) is 2.75. The van der Waals surface area contributed by atoms with Gasteiger partial charge in [0.05, 0.1) is 12.4 Å². The van der Waals surface area contributed by atoms with Gasteiger partial charge in [-0.15, -0.1) is 0 Å². The van der Waals surface area contributed by atoms with Gasteiger partial charge < -0.3 is 10.7 Å². The van der Waals surface area contributed by atoms with Crippen molar-refractivity contribution in [1.82, 2.24) is 9.97 Å². The number of hydrogen-bond donors (Lipinski definition) is 3. The average molecular weight is 239 g/mol. The molecule has 2 heterocycles. The summed E-state index contributed by atoms with van der Waals surface area (Å²) in [4.78, 5) is 8.31. The summed E-state index contributed by atoms with van der Waals surface area (Å²) in [5.41, 5.74) is 2.49. The number of anilines is 2. The van der Waals surface area contributed by atoms with Crippen LogP contribution < -0.4 is 16.6 Å². The summed E-state index contributed by atoms with van der Waals surface area (Å²) >= 11 is 2.02. The lowest BCUT2D eigenvalue weighted by molar-refractivity contribution is 0.633. The van der Waals surface area contributed by atoms with Crippen LogP contribution in [0.3, 0.4) is 0 Å². The molecule has 0 bridgehead atoms. The van der Waals surface area contributed by atoms with E-state index in [0.717, 1.165) is 12.4 Å². The number of nitrogens with zero attached hydrogens (tertiary/aromatic N) is 2. The molecule has 4 N–H and O–H groups in total. The van der Waals surface area contributed by atoms with E-state index < -0.39 is 0 Å². The van der Waals surface area contributed by atoms with Gasteiger partial charge in [0.25, 0.3) is 0 Å². The van der Waals surface area contributed by atoms with Crippen molar-refractivity contribution >= 4 is 23.4 Å². The molecule has 0 radical (unpaired) electrons. The van der Waals surface area contributed by atoms with E-state index in [1.807, 2.05) is 11.8 Å². The van der Waals surface area contributed by atoms with E-state index >= 15 is 0 Å². The van der Waals surface area contributed by atoms with Crippen molar-refractivity contribution in [3.8, 4) is 0 Å². The van der Waals surface area contributed by atoms with Crippen molar-refractivity contribution < 1.29 is 0 Å². The highest BCUT2D eigenvalue weighted by Crippen LogP contribution is 2.37. The number of rotatable bonds is 4. The Hall–Kier alpha value is -1.01. The third-order valence-electron chi connectivity index (χ3n) is 2.73. The Bertz CT molecular complexity index is 351. The molecule has 0 spiro atoms. The molecule has 1 atom stereocenters. The minimum atomic E-state index is 0.327. The standard InChI is InChI=1S/C10H17N5S/c1-10(3-2-4-16-10)7-13-8-5-12-6-9(14-8)15-11/h5-6H,2-4,7,11H2,1H3,(H2,13,14,15). The smallest absolute Gasteiger partial charge is 0.160 e. The lowest BCUT2D eigenvalue weighted by Crippen LogP contribution is -2.27. The molecule has 1 unspecified atom stereocenters. The SMILES string of the molecule is CC1(CNc2cncc(NN)n2)CCCS1. The topological polar surface area (TPSA) is 75.9 Å². The number of nitrogens with one attached hydrogen (secondary N) is 2. The maximum Gasteiger partial charge on any atom is 0.160 e. The van der Waals surface area contributed by atoms with Gasteiger partial charge in [0.1, 0.15) is 5.82 Å². The summed E-state index contributed by atoms with van der Waals surface area (Å²) in [6, 6.07) is 0. The number of hydrogen-bond acceptors (Lipinski definition) is 6. The van der Waals surface area contributed by atoms with Crippen LogP contribution in [0.25, 0.3) is 0 Å². The fraction of sp³-hybridized carbons (Fsp3) is 0.600. The molecule has 1 aliphatic heterocycles. The number of thioether (sulfide) groups is 1. The molecule has 1 fully saturated rings. The van der Waals surface area contributed by atoms with Crippen LogP contribution in [0.5, 0.6) is 0 Å². The van der Waals surface area contributed by atoms with Crippen LogP contribution >= 0.6 is 11.8 Å². The molecule has 0 aliphatic carbocycles. The van der Waals surface area contributed by atoms with Crippen molar-refractivity contribution in [3.63, 3.8) is 0 Å². The predicted molar refractivity (Wildman–Crippen MR) is 68.4 cm³/mol. The van der Waals surface area contributed by atoms with Gasteiger partial charge in [-0.3, -0.25) is 4.98 Å². The van der Waals surface area contributed by atoms with E-state index in [4.69, 9.17) is 5.84 Å². The van der Waals surface area contributed by atoms with Gasteiger partial charge in [-0.2, -0.15) is 11.8 Å². The highest BCUT2D eigenvalue weighted by molar-refractivity contribution is 8.00. The quantitative estimate of drug-likeness (QED) is 0.545. The summed E-state index contributed by atoms with van der Waals surface area (Å²) in [5, 5.41) is 3.31. The third-order valence-corrected chi connectivity index (χ3v) is 4.26. The van der Waals surface area contributed by atoms with Crippen LogP contribution in [0.1, 0.15) is 19.8 Å². The number of aromatic nitrogens is 2. The fourth-order valence-corrected chi connectivity index (χ4v) is 3.02. The molecule has 1 aromatic rings. The number of hydrazine groups is 1. The zero-order valence-corrected chi connectivity index (χ0v) is 10.2. The Labute approximate surface area is 99.6 Å². The molecule has 6 heteroatoms. The summed E-state index contributed by atoms with van der Waals surface area (Å²) in [7, 11) is 0. The van der Waals surface area contributed by atoms with Gasteiger partial charge in [-0.25, -0.2) is 10.8 Å². The van der Waals surface area contributed by atoms with Crippen molar-refractivity contribution in [2.45, 2.75) is 24.5 Å². The first kappa shape index (κ1) is 11.5. The predicted octanol–water partition coefficient (Wildman–Crippen LogP) is 1.46. The second-order valence-electron chi connectivity index (χ2n) is 4.19. The first-order valence-corrected chi connectivity index (χ1v) is 6.37. The van der Waals surface area contributed by atoms with E-state index in [1.165, 1.54) is 18.6 Å². The highest BCUT2D eigenvalue weighted by Gasteiger charge is 2.29. The Balaban J connectivity index is 1.93. The first-order valence-electron chi connectivity index (χ1n) is 5.38. The van der Waals surface area contributed by atoms with E-state index in [9.17, 15) is 0 Å². The van der Waals surface area contributed by atoms with Crippen molar-refractivity contribution in [1.29, 1.82) is 0 Å². The molecule has 1 saturated heterocycles. The number of nitrogen functional groups attached to an aromatic ring is 1. The summed E-state index contributed by atoms with van der Waals surface area (Å²) in [6.45, 7) is 3.20. The number of nitrogens with two attached hydrogens (primary N) is 1. The second kappa shape index (κ2) is 4.88. The van der Waals surface area contributed by atoms with Crippen molar-refractivity contribution in [2.75, 3.05) is 23.0 Å². The lowest BCUT2D eigenvalue weighted by Gasteiger charge is -2.23. The van der Waals surface area contributed by atoms with Gasteiger partial charge >= 0.3 is 0 Å². The summed E-state index contributed by atoms with van der Waals surface area (Å²) < 4.78 is 0.327. The zero-order valence-electron chi connectivity index (χ0n) is 9.36. The molecule has 0 saturated carbocycles. The molecular formula is C10H17N5S. The maximum atomic E-state index is 5.28. The van der Waals surface area contributed by atoms with Gasteiger partial charge in [-0.1, -0.05) is 0 Å². The van der Waals surface area contributed by atoms with Crippen LogP contribution in [0.2, 0.25) is 0 Å². The Kier molecular flexibility index (Phi) is 3.50. The van der Waals surface area contributed by atoms with E-state index in [2.05, 4.69) is 27.6 Å². The molecule has 5 nitrogen and oxygen atoms in total. The van der Waals surface area contributed by atoms with Crippen LogP contribution in [0, 0.1) is 0 Å². The second-order valence-corrected chi connectivity index (χ2v) is 5.87. The van der Waals surface area contributed by atoms with E-state index in [0.29, 0.717) is 10.6 Å². The highest BCUT2D eigenvalue weighted by atomic mass is 32.2. The summed E-state index contributed by atoms with van der Waals surface area (Å²) in [5.74, 6) is 7.88. The fourth-order valence-electron chi connectivity index (χ4n) is 1.77. The molecule has 2 rings (SSSR count). The first-order chi connectivity index (χ1) is 7.72. The van der Waals surface area contributed by atoms with Crippen molar-refractivity contribution in [3.05, 3.63) is 12.4 Å². The van der Waals surface area contributed by atoms with Crippen LogP contribution in [-0.2, 0) is 0 Å². The van der Waals surface area contributed by atoms with Crippen LogP contribution in [-0.4, -0.2) is 27.0 Å². The molecule has 1 aromatic heterocycles. The molecule has 16 heavy (non-hydrogen) atoms. The van der Waals surface area contributed by atoms with E-state index in [-0.39, 0.29) is 0 Å². The minimum Gasteiger partial charge on any atom is -0.367 e. The molecule has 0 amide bonds. The normalized spacial score (nSPS) is 24.4. The molecular weight excluding hydrogens is 222 g/mol. The Morgan fingerprint density at radius 3 is 3.00 bits per heavy atom. The Morgan fingerprint density at radius 1 is 1.50 bits per heavy atom. The zero-order chi connectivity index (χ0) is 11.4. The summed E-state index contributed by atoms with van der Waals surface area (Å²) in [6.07, 6.45) is 5.87. The molecule has 88 valence electrons. The van der Waals surface area contributed by atoms with Gasteiger partial charge in [0, 0.05) is 11.3 Å². The monoisotopic (exact) mass is 239 g/mol. The van der Waals surface area contributed by atoms with Crippen LogP contribution in [0.15, 0.2) is 12.4 Å². The Morgan fingerprint density at radius 2 is 2.31 bits per heavy atom. The minimum absolute atomic E-state index is 0.327. The lowest BCUT2D eigenvalue weighted by atomic mass is 10.1. The van der Waals surface area contributed by atoms with Gasteiger partial charge in [-0.05, 0) is 25.5 Å². The van der Waals surface area contributed by atoms with Gasteiger partial charge in [0.2, 0.25) is 0 Å². The molecule has 0 aromatic carbocycles. The van der Waals surface area contributed by atoms with Crippen LogP contribution in [0.4, 0.5) is 11.6 Å². The van der Waals surface area contributed by atoms with E-state index in [1.54, 1.807) is 12.4 Å². The third kappa shape index (κ3) is 2.76.